The van der Waals surface area contributed by atoms with Crippen molar-refractivity contribution in [1.82, 2.24) is 15.5 Å². The Morgan fingerprint density at radius 2 is 2.04 bits per heavy atom. The van der Waals surface area contributed by atoms with Crippen molar-refractivity contribution < 1.29 is 13.7 Å². The SMILES string of the molecule is Cc1cc(-c2cc(C(=O)NC3CCCCC3CN)c3c(C)noc3n2)c(C)o1. The fraction of sp³-hybridized carbons (Fsp3) is 0.476. The molecule has 1 saturated carbocycles. The Balaban J connectivity index is 1.75. The van der Waals surface area contributed by atoms with Crippen molar-refractivity contribution in [3.8, 4) is 11.3 Å². The van der Waals surface area contributed by atoms with E-state index in [9.17, 15) is 4.79 Å². The zero-order valence-electron chi connectivity index (χ0n) is 16.5. The zero-order valence-corrected chi connectivity index (χ0v) is 16.5. The molecule has 0 bridgehead atoms. The van der Waals surface area contributed by atoms with Crippen molar-refractivity contribution in [1.29, 1.82) is 0 Å². The van der Waals surface area contributed by atoms with Crippen LogP contribution in [0.15, 0.2) is 21.1 Å². The van der Waals surface area contributed by atoms with Crippen LogP contribution in [0.3, 0.4) is 0 Å². The van der Waals surface area contributed by atoms with E-state index in [0.29, 0.717) is 40.5 Å². The van der Waals surface area contributed by atoms with Gasteiger partial charge in [-0.05, 0) is 58.2 Å². The van der Waals surface area contributed by atoms with Crippen molar-refractivity contribution in [2.24, 2.45) is 11.7 Å². The second-order valence-electron chi connectivity index (χ2n) is 7.69. The summed E-state index contributed by atoms with van der Waals surface area (Å²) in [5, 5.41) is 7.87. The first kappa shape index (κ1) is 18.7. The minimum Gasteiger partial charge on any atom is -0.466 e. The van der Waals surface area contributed by atoms with Gasteiger partial charge >= 0.3 is 0 Å². The summed E-state index contributed by atoms with van der Waals surface area (Å²) in [7, 11) is 0. The fourth-order valence-corrected chi connectivity index (χ4v) is 4.22. The Labute approximate surface area is 163 Å². The lowest BCUT2D eigenvalue weighted by Gasteiger charge is -2.31. The van der Waals surface area contributed by atoms with E-state index in [-0.39, 0.29) is 11.9 Å². The first-order chi connectivity index (χ1) is 13.5. The molecule has 1 aliphatic rings. The highest BCUT2D eigenvalue weighted by Crippen LogP contribution is 2.31. The number of nitrogens with one attached hydrogen (secondary N) is 1. The summed E-state index contributed by atoms with van der Waals surface area (Å²) in [6.07, 6.45) is 4.29. The van der Waals surface area contributed by atoms with E-state index < -0.39 is 0 Å². The minimum atomic E-state index is -0.136. The molecule has 3 aromatic heterocycles. The smallest absolute Gasteiger partial charge is 0.259 e. The molecule has 1 amide bonds. The summed E-state index contributed by atoms with van der Waals surface area (Å²) < 4.78 is 11.0. The number of aryl methyl sites for hydroxylation is 3. The van der Waals surface area contributed by atoms with Gasteiger partial charge in [0.1, 0.15) is 11.5 Å². The number of amides is 1. The molecular weight excluding hydrogens is 356 g/mol. The van der Waals surface area contributed by atoms with Crippen LogP contribution in [0.2, 0.25) is 0 Å². The van der Waals surface area contributed by atoms with Crippen molar-refractivity contribution in [3.63, 3.8) is 0 Å². The minimum absolute atomic E-state index is 0.0935. The Kier molecular flexibility index (Phi) is 4.93. The molecule has 3 aromatic rings. The molecule has 148 valence electrons. The van der Waals surface area contributed by atoms with Crippen molar-refractivity contribution in [2.75, 3.05) is 6.54 Å². The van der Waals surface area contributed by atoms with Gasteiger partial charge in [-0.1, -0.05) is 18.0 Å². The molecule has 1 fully saturated rings. The van der Waals surface area contributed by atoms with Gasteiger partial charge in [-0.2, -0.15) is 0 Å². The summed E-state index contributed by atoms with van der Waals surface area (Å²) in [5.41, 5.74) is 8.95. The van der Waals surface area contributed by atoms with Gasteiger partial charge < -0.3 is 20.0 Å². The third-order valence-electron chi connectivity index (χ3n) is 5.71. The maximum Gasteiger partial charge on any atom is 0.259 e. The number of hydrogen-bond acceptors (Lipinski definition) is 6. The van der Waals surface area contributed by atoms with E-state index in [0.717, 1.165) is 36.3 Å². The third-order valence-corrected chi connectivity index (χ3v) is 5.71. The van der Waals surface area contributed by atoms with Crippen LogP contribution in [0.5, 0.6) is 0 Å². The molecule has 28 heavy (non-hydrogen) atoms. The summed E-state index contributed by atoms with van der Waals surface area (Å²) in [5.74, 6) is 1.73. The van der Waals surface area contributed by atoms with Gasteiger partial charge in [0.25, 0.3) is 11.6 Å². The highest BCUT2D eigenvalue weighted by molar-refractivity contribution is 6.07. The molecule has 7 heteroatoms. The van der Waals surface area contributed by atoms with Crippen LogP contribution in [0.4, 0.5) is 0 Å². The van der Waals surface area contributed by atoms with E-state index in [4.69, 9.17) is 14.7 Å². The molecular formula is C21H26N4O3. The largest absolute Gasteiger partial charge is 0.466 e. The Morgan fingerprint density at radius 3 is 2.75 bits per heavy atom. The molecule has 4 rings (SSSR count). The number of nitrogens with two attached hydrogens (primary N) is 1. The van der Waals surface area contributed by atoms with Crippen LogP contribution in [0.25, 0.3) is 22.4 Å². The maximum atomic E-state index is 13.2. The summed E-state index contributed by atoms with van der Waals surface area (Å²) in [4.78, 5) is 17.8. The zero-order chi connectivity index (χ0) is 19.8. The number of hydrogen-bond donors (Lipinski definition) is 2. The molecule has 0 aromatic carbocycles. The van der Waals surface area contributed by atoms with Crippen LogP contribution in [-0.2, 0) is 0 Å². The molecule has 2 unspecified atom stereocenters. The van der Waals surface area contributed by atoms with Gasteiger partial charge in [-0.3, -0.25) is 4.79 Å². The second kappa shape index (κ2) is 7.39. The number of aromatic nitrogens is 2. The number of carbonyl (C=O) groups is 1. The molecule has 0 aliphatic heterocycles. The number of nitrogens with zero attached hydrogens (tertiary/aromatic N) is 2. The molecule has 1 aliphatic carbocycles. The second-order valence-corrected chi connectivity index (χ2v) is 7.69. The monoisotopic (exact) mass is 382 g/mol. The fourth-order valence-electron chi connectivity index (χ4n) is 4.22. The van der Waals surface area contributed by atoms with Crippen LogP contribution >= 0.6 is 0 Å². The Hall–Kier alpha value is -2.67. The van der Waals surface area contributed by atoms with Crippen LogP contribution < -0.4 is 11.1 Å². The number of furan rings is 1. The van der Waals surface area contributed by atoms with Crippen LogP contribution in [-0.4, -0.2) is 28.6 Å². The number of rotatable bonds is 4. The van der Waals surface area contributed by atoms with E-state index in [1.807, 2.05) is 26.8 Å². The average Bonchev–Trinajstić information content (AvgIpc) is 3.23. The first-order valence-electron chi connectivity index (χ1n) is 9.83. The average molecular weight is 382 g/mol. The number of carbonyl (C=O) groups excluding carboxylic acids is 1. The summed E-state index contributed by atoms with van der Waals surface area (Å²) in [6.45, 7) is 6.17. The van der Waals surface area contributed by atoms with Crippen molar-refractivity contribution in [3.05, 3.63) is 34.9 Å². The van der Waals surface area contributed by atoms with E-state index >= 15 is 0 Å². The van der Waals surface area contributed by atoms with Gasteiger partial charge in [0.2, 0.25) is 0 Å². The van der Waals surface area contributed by atoms with E-state index in [1.165, 1.54) is 6.42 Å². The van der Waals surface area contributed by atoms with Gasteiger partial charge in [0.05, 0.1) is 22.3 Å². The predicted octanol–water partition coefficient (Wildman–Crippen LogP) is 3.66. The molecule has 7 nitrogen and oxygen atoms in total. The van der Waals surface area contributed by atoms with Crippen LogP contribution in [0, 0.1) is 26.7 Å². The normalized spacial score (nSPS) is 19.9. The van der Waals surface area contributed by atoms with Crippen LogP contribution in [0.1, 0.15) is 53.3 Å². The molecule has 0 saturated heterocycles. The topological polar surface area (TPSA) is 107 Å². The van der Waals surface area contributed by atoms with Crippen molar-refractivity contribution >= 4 is 17.0 Å². The van der Waals surface area contributed by atoms with Crippen molar-refractivity contribution in [2.45, 2.75) is 52.5 Å². The molecule has 3 heterocycles. The highest BCUT2D eigenvalue weighted by Gasteiger charge is 2.28. The van der Waals surface area contributed by atoms with E-state index in [1.54, 1.807) is 6.07 Å². The lowest BCUT2D eigenvalue weighted by molar-refractivity contribution is 0.0909. The first-order valence-corrected chi connectivity index (χ1v) is 9.83. The summed E-state index contributed by atoms with van der Waals surface area (Å²) >= 11 is 0. The standard InChI is InChI=1S/C21H26N4O3/c1-11-8-15(13(3)27-11)18-9-16(19-12(2)25-28-21(19)24-18)20(26)23-17-7-5-4-6-14(17)10-22/h8-9,14,17H,4-7,10,22H2,1-3H3,(H,23,26). The summed E-state index contributed by atoms with van der Waals surface area (Å²) in [6, 6.07) is 3.82. The molecule has 2 atom stereocenters. The highest BCUT2D eigenvalue weighted by atomic mass is 16.5. The van der Waals surface area contributed by atoms with Gasteiger partial charge in [0, 0.05) is 11.6 Å². The lowest BCUT2D eigenvalue weighted by Crippen LogP contribution is -2.44. The number of fused-ring (bicyclic) bond motifs is 1. The van der Waals surface area contributed by atoms with Gasteiger partial charge in [-0.15, -0.1) is 0 Å². The molecule has 0 radical (unpaired) electrons. The third kappa shape index (κ3) is 3.30. The maximum absolute atomic E-state index is 13.2. The lowest BCUT2D eigenvalue weighted by atomic mass is 9.84. The molecule has 3 N–H and O–H groups in total. The Morgan fingerprint density at radius 1 is 1.25 bits per heavy atom. The molecule has 0 spiro atoms. The predicted molar refractivity (Wildman–Crippen MR) is 106 cm³/mol. The quantitative estimate of drug-likeness (QED) is 0.713. The van der Waals surface area contributed by atoms with Gasteiger partial charge in [0.15, 0.2) is 0 Å². The number of pyridine rings is 1. The van der Waals surface area contributed by atoms with E-state index in [2.05, 4.69) is 15.5 Å². The Bertz CT molecular complexity index is 1020. The van der Waals surface area contributed by atoms with Gasteiger partial charge in [-0.25, -0.2) is 4.98 Å².